The van der Waals surface area contributed by atoms with Crippen LogP contribution in [-0.2, 0) is 4.79 Å². The topological polar surface area (TPSA) is 38.3 Å². The molecule has 0 aromatic heterocycles. The average Bonchev–Trinajstić information content (AvgIpc) is 2.65. The molecule has 25 heavy (non-hydrogen) atoms. The SMILES string of the molecule is O=C(COc1ccc(C2SCCCS2)cc1)Nc1cccc(Cl)c1Cl. The molecular weight excluding hydrogens is 397 g/mol. The Balaban J connectivity index is 1.52. The van der Waals surface area contributed by atoms with Crippen molar-refractivity contribution in [3.8, 4) is 5.75 Å². The third-order valence-electron chi connectivity index (χ3n) is 3.58. The van der Waals surface area contributed by atoms with E-state index in [4.69, 9.17) is 27.9 Å². The Kier molecular flexibility index (Phi) is 6.82. The molecule has 0 saturated carbocycles. The van der Waals surface area contributed by atoms with Gasteiger partial charge in [-0.3, -0.25) is 4.79 Å². The fourth-order valence-corrected chi connectivity index (χ4v) is 5.58. The molecule has 3 rings (SSSR count). The molecular formula is C18H17Cl2NO2S2. The predicted molar refractivity (Wildman–Crippen MR) is 109 cm³/mol. The van der Waals surface area contributed by atoms with Crippen LogP contribution in [0.15, 0.2) is 42.5 Å². The summed E-state index contributed by atoms with van der Waals surface area (Å²) in [6, 6.07) is 13.0. The van der Waals surface area contributed by atoms with Gasteiger partial charge in [0.05, 0.1) is 20.3 Å². The lowest BCUT2D eigenvalue weighted by Gasteiger charge is -2.21. The number of nitrogens with one attached hydrogen (secondary N) is 1. The second-order valence-electron chi connectivity index (χ2n) is 5.43. The van der Waals surface area contributed by atoms with E-state index in [1.54, 1.807) is 18.2 Å². The monoisotopic (exact) mass is 413 g/mol. The summed E-state index contributed by atoms with van der Waals surface area (Å²) in [5.41, 5.74) is 1.77. The molecule has 2 aromatic rings. The predicted octanol–water partition coefficient (Wildman–Crippen LogP) is 5.88. The molecule has 0 spiro atoms. The van der Waals surface area contributed by atoms with Gasteiger partial charge in [-0.1, -0.05) is 41.4 Å². The highest BCUT2D eigenvalue weighted by molar-refractivity contribution is 8.16. The number of thioether (sulfide) groups is 2. The highest BCUT2D eigenvalue weighted by Crippen LogP contribution is 2.43. The van der Waals surface area contributed by atoms with E-state index in [1.807, 2.05) is 35.7 Å². The van der Waals surface area contributed by atoms with Gasteiger partial charge in [0, 0.05) is 0 Å². The van der Waals surface area contributed by atoms with Crippen molar-refractivity contribution in [1.29, 1.82) is 0 Å². The van der Waals surface area contributed by atoms with E-state index < -0.39 is 0 Å². The Morgan fingerprint density at radius 1 is 1.12 bits per heavy atom. The number of benzene rings is 2. The lowest BCUT2D eigenvalue weighted by molar-refractivity contribution is -0.118. The first-order valence-electron chi connectivity index (χ1n) is 7.83. The molecule has 0 unspecified atom stereocenters. The Labute approximate surface area is 165 Å². The molecule has 1 N–H and O–H groups in total. The molecule has 1 fully saturated rings. The number of rotatable bonds is 5. The van der Waals surface area contributed by atoms with Gasteiger partial charge in [0.25, 0.3) is 5.91 Å². The van der Waals surface area contributed by atoms with E-state index >= 15 is 0 Å². The van der Waals surface area contributed by atoms with Crippen molar-refractivity contribution < 1.29 is 9.53 Å². The quantitative estimate of drug-likeness (QED) is 0.663. The maximum absolute atomic E-state index is 12.0. The van der Waals surface area contributed by atoms with Crippen molar-refractivity contribution in [2.45, 2.75) is 11.0 Å². The van der Waals surface area contributed by atoms with E-state index in [0.29, 0.717) is 26.1 Å². The van der Waals surface area contributed by atoms with Gasteiger partial charge >= 0.3 is 0 Å². The van der Waals surface area contributed by atoms with Crippen LogP contribution in [0.1, 0.15) is 16.6 Å². The van der Waals surface area contributed by atoms with Crippen LogP contribution in [0, 0.1) is 0 Å². The first-order valence-corrected chi connectivity index (χ1v) is 10.7. The molecule has 0 bridgehead atoms. The molecule has 0 aliphatic carbocycles. The smallest absolute Gasteiger partial charge is 0.262 e. The summed E-state index contributed by atoms with van der Waals surface area (Å²) < 4.78 is 6.05. The van der Waals surface area contributed by atoms with Gasteiger partial charge < -0.3 is 10.1 Å². The third kappa shape index (κ3) is 5.23. The number of carbonyl (C=O) groups is 1. The molecule has 2 aromatic carbocycles. The summed E-state index contributed by atoms with van der Waals surface area (Å²) in [6.07, 6.45) is 1.28. The summed E-state index contributed by atoms with van der Waals surface area (Å²) in [6.45, 7) is -0.0882. The first-order chi connectivity index (χ1) is 12.1. The van der Waals surface area contributed by atoms with Crippen LogP contribution in [-0.4, -0.2) is 24.0 Å². The Morgan fingerprint density at radius 2 is 1.84 bits per heavy atom. The van der Waals surface area contributed by atoms with Gasteiger partial charge in [0.2, 0.25) is 0 Å². The van der Waals surface area contributed by atoms with E-state index in [1.165, 1.54) is 23.5 Å². The highest BCUT2D eigenvalue weighted by atomic mass is 35.5. The number of halogens is 2. The minimum Gasteiger partial charge on any atom is -0.484 e. The molecule has 1 amide bonds. The van der Waals surface area contributed by atoms with Crippen molar-refractivity contribution in [3.63, 3.8) is 0 Å². The summed E-state index contributed by atoms with van der Waals surface area (Å²) in [7, 11) is 0. The fraction of sp³-hybridized carbons (Fsp3) is 0.278. The van der Waals surface area contributed by atoms with Gasteiger partial charge in [-0.05, 0) is 47.8 Å². The fourth-order valence-electron chi connectivity index (χ4n) is 2.34. The van der Waals surface area contributed by atoms with Gasteiger partial charge in [0.1, 0.15) is 5.75 Å². The van der Waals surface area contributed by atoms with Gasteiger partial charge in [-0.2, -0.15) is 0 Å². The van der Waals surface area contributed by atoms with Crippen molar-refractivity contribution >= 4 is 58.3 Å². The van der Waals surface area contributed by atoms with Crippen molar-refractivity contribution in [1.82, 2.24) is 0 Å². The molecule has 1 aliphatic rings. The van der Waals surface area contributed by atoms with Crippen LogP contribution in [0.3, 0.4) is 0 Å². The Hall–Kier alpha value is -1.01. The number of hydrogen-bond acceptors (Lipinski definition) is 4. The summed E-state index contributed by atoms with van der Waals surface area (Å²) >= 11 is 15.9. The van der Waals surface area contributed by atoms with Crippen molar-refractivity contribution in [2.24, 2.45) is 0 Å². The number of ether oxygens (including phenoxy) is 1. The third-order valence-corrected chi connectivity index (χ3v) is 7.41. The van der Waals surface area contributed by atoms with Crippen LogP contribution in [0.2, 0.25) is 10.0 Å². The summed E-state index contributed by atoms with van der Waals surface area (Å²) in [4.78, 5) is 12.0. The van der Waals surface area contributed by atoms with Crippen molar-refractivity contribution in [3.05, 3.63) is 58.1 Å². The number of amides is 1. The van der Waals surface area contributed by atoms with Crippen LogP contribution in [0.25, 0.3) is 0 Å². The number of carbonyl (C=O) groups excluding carboxylic acids is 1. The maximum Gasteiger partial charge on any atom is 0.262 e. The van der Waals surface area contributed by atoms with Crippen molar-refractivity contribution in [2.75, 3.05) is 23.4 Å². The van der Waals surface area contributed by atoms with E-state index in [-0.39, 0.29) is 12.5 Å². The number of hydrogen-bond donors (Lipinski definition) is 1. The minimum absolute atomic E-state index is 0.0882. The van der Waals surface area contributed by atoms with Gasteiger partial charge in [-0.15, -0.1) is 23.5 Å². The van der Waals surface area contributed by atoms with Crippen LogP contribution in [0.4, 0.5) is 5.69 Å². The molecule has 1 heterocycles. The molecule has 132 valence electrons. The molecule has 0 radical (unpaired) electrons. The Bertz CT molecular complexity index is 734. The van der Waals surface area contributed by atoms with Gasteiger partial charge in [-0.25, -0.2) is 0 Å². The second kappa shape index (κ2) is 9.08. The maximum atomic E-state index is 12.0. The van der Waals surface area contributed by atoms with E-state index in [0.717, 1.165) is 0 Å². The van der Waals surface area contributed by atoms with E-state index in [9.17, 15) is 4.79 Å². The van der Waals surface area contributed by atoms with Crippen LogP contribution < -0.4 is 10.1 Å². The second-order valence-corrected chi connectivity index (χ2v) is 8.94. The summed E-state index contributed by atoms with van der Waals surface area (Å²) in [5, 5.41) is 3.42. The largest absolute Gasteiger partial charge is 0.484 e. The first kappa shape index (κ1) is 18.8. The standard InChI is InChI=1S/C18H17Cl2NO2S2/c19-14-3-1-4-15(17(14)20)21-16(22)11-23-13-7-5-12(6-8-13)18-24-9-2-10-25-18/h1,3-8,18H,2,9-11H2,(H,21,22). The normalized spacial score (nSPS) is 15.0. The minimum atomic E-state index is -0.286. The average molecular weight is 414 g/mol. The molecule has 1 aliphatic heterocycles. The molecule has 7 heteroatoms. The Morgan fingerprint density at radius 3 is 2.56 bits per heavy atom. The molecule has 0 atom stereocenters. The number of anilines is 1. The zero-order valence-electron chi connectivity index (χ0n) is 13.3. The lowest BCUT2D eigenvalue weighted by atomic mass is 10.2. The summed E-state index contributed by atoms with van der Waals surface area (Å²) in [5.74, 6) is 2.80. The molecule has 1 saturated heterocycles. The van der Waals surface area contributed by atoms with Crippen LogP contribution in [0.5, 0.6) is 5.75 Å². The zero-order chi connectivity index (χ0) is 17.6. The lowest BCUT2D eigenvalue weighted by Crippen LogP contribution is -2.20. The van der Waals surface area contributed by atoms with Gasteiger partial charge in [0.15, 0.2) is 6.61 Å². The zero-order valence-corrected chi connectivity index (χ0v) is 16.5. The van der Waals surface area contributed by atoms with Crippen LogP contribution >= 0.6 is 46.7 Å². The van der Waals surface area contributed by atoms with E-state index in [2.05, 4.69) is 17.4 Å². The highest BCUT2D eigenvalue weighted by Gasteiger charge is 2.16. The molecule has 3 nitrogen and oxygen atoms in total.